The molecular formula is C15H15N3O2S. The molecule has 2 heterocycles. The van der Waals surface area contributed by atoms with Gasteiger partial charge in [0.1, 0.15) is 6.26 Å². The van der Waals surface area contributed by atoms with Crippen molar-refractivity contribution in [3.05, 3.63) is 47.3 Å². The Morgan fingerprint density at radius 1 is 1.38 bits per heavy atom. The predicted octanol–water partition coefficient (Wildman–Crippen LogP) is 2.75. The van der Waals surface area contributed by atoms with Gasteiger partial charge in [-0.15, -0.1) is 11.3 Å². The SMILES string of the molecule is CC(CNC(=O)Cc1ccon1)c1nc2ccccc2s1. The zero-order valence-corrected chi connectivity index (χ0v) is 12.4. The molecule has 1 unspecified atom stereocenters. The molecule has 0 spiro atoms. The highest BCUT2D eigenvalue weighted by Gasteiger charge is 2.13. The Labute approximate surface area is 126 Å². The van der Waals surface area contributed by atoms with Crippen molar-refractivity contribution in [3.63, 3.8) is 0 Å². The first kappa shape index (κ1) is 13.8. The molecule has 0 bridgehead atoms. The van der Waals surface area contributed by atoms with E-state index < -0.39 is 0 Å². The minimum Gasteiger partial charge on any atom is -0.364 e. The van der Waals surface area contributed by atoms with Gasteiger partial charge >= 0.3 is 0 Å². The van der Waals surface area contributed by atoms with E-state index in [0.717, 1.165) is 10.5 Å². The first-order valence-corrected chi connectivity index (χ1v) is 7.55. The number of aromatic nitrogens is 2. The quantitative estimate of drug-likeness (QED) is 0.787. The van der Waals surface area contributed by atoms with Crippen molar-refractivity contribution in [2.75, 3.05) is 6.54 Å². The van der Waals surface area contributed by atoms with Crippen LogP contribution in [0.3, 0.4) is 0 Å². The lowest BCUT2D eigenvalue weighted by Gasteiger charge is -2.09. The van der Waals surface area contributed by atoms with Gasteiger partial charge in [-0.05, 0) is 12.1 Å². The van der Waals surface area contributed by atoms with Gasteiger partial charge in [-0.2, -0.15) is 0 Å². The van der Waals surface area contributed by atoms with Gasteiger partial charge in [-0.3, -0.25) is 4.79 Å². The fraction of sp³-hybridized carbons (Fsp3) is 0.267. The van der Waals surface area contributed by atoms with Crippen LogP contribution < -0.4 is 5.32 Å². The van der Waals surface area contributed by atoms with Crippen LogP contribution in [-0.4, -0.2) is 22.6 Å². The molecule has 0 radical (unpaired) electrons. The van der Waals surface area contributed by atoms with Crippen LogP contribution in [0.4, 0.5) is 0 Å². The van der Waals surface area contributed by atoms with Gasteiger partial charge in [0.15, 0.2) is 0 Å². The molecule has 0 saturated heterocycles. The predicted molar refractivity (Wildman–Crippen MR) is 81.3 cm³/mol. The molecule has 3 aromatic rings. The van der Waals surface area contributed by atoms with E-state index in [1.807, 2.05) is 18.2 Å². The molecule has 0 saturated carbocycles. The lowest BCUT2D eigenvalue weighted by atomic mass is 10.2. The highest BCUT2D eigenvalue weighted by atomic mass is 32.1. The number of nitrogens with zero attached hydrogens (tertiary/aromatic N) is 2. The monoisotopic (exact) mass is 301 g/mol. The number of rotatable bonds is 5. The molecule has 1 aromatic carbocycles. The van der Waals surface area contributed by atoms with Crippen LogP contribution in [-0.2, 0) is 11.2 Å². The summed E-state index contributed by atoms with van der Waals surface area (Å²) in [5.74, 6) is 0.125. The van der Waals surface area contributed by atoms with E-state index in [9.17, 15) is 4.79 Å². The van der Waals surface area contributed by atoms with Gasteiger partial charge < -0.3 is 9.84 Å². The molecule has 5 nitrogen and oxygen atoms in total. The standard InChI is InChI=1S/C15H15N3O2S/c1-10(9-16-14(19)8-11-6-7-20-18-11)15-17-12-4-2-3-5-13(12)21-15/h2-7,10H,8-9H2,1H3,(H,16,19). The Balaban J connectivity index is 1.58. The van der Waals surface area contributed by atoms with Crippen molar-refractivity contribution in [2.24, 2.45) is 0 Å². The smallest absolute Gasteiger partial charge is 0.226 e. The number of amides is 1. The van der Waals surface area contributed by atoms with E-state index in [2.05, 4.69) is 28.4 Å². The van der Waals surface area contributed by atoms with Crippen LogP contribution in [0.15, 0.2) is 41.1 Å². The minimum absolute atomic E-state index is 0.0585. The number of fused-ring (bicyclic) bond motifs is 1. The first-order chi connectivity index (χ1) is 10.2. The number of carbonyl (C=O) groups excluding carboxylic acids is 1. The van der Waals surface area contributed by atoms with E-state index in [1.54, 1.807) is 17.4 Å². The topological polar surface area (TPSA) is 68.0 Å². The Bertz CT molecular complexity index is 703. The third-order valence-electron chi connectivity index (χ3n) is 3.17. The molecule has 0 fully saturated rings. The summed E-state index contributed by atoms with van der Waals surface area (Å²) in [5, 5.41) is 7.67. The molecule has 1 N–H and O–H groups in total. The summed E-state index contributed by atoms with van der Waals surface area (Å²) < 4.78 is 5.88. The third kappa shape index (κ3) is 3.28. The number of carbonyl (C=O) groups is 1. The van der Waals surface area contributed by atoms with Gasteiger partial charge in [0.05, 0.1) is 27.3 Å². The molecule has 0 aliphatic rings. The van der Waals surface area contributed by atoms with Gasteiger partial charge in [-0.25, -0.2) is 4.98 Å². The molecule has 1 amide bonds. The van der Waals surface area contributed by atoms with Gasteiger partial charge in [0.2, 0.25) is 5.91 Å². The zero-order chi connectivity index (χ0) is 14.7. The maximum atomic E-state index is 11.8. The summed E-state index contributed by atoms with van der Waals surface area (Å²) in [6.45, 7) is 2.63. The van der Waals surface area contributed by atoms with Crippen molar-refractivity contribution in [2.45, 2.75) is 19.3 Å². The fourth-order valence-corrected chi connectivity index (χ4v) is 3.03. The average molecular weight is 301 g/mol. The number of hydrogen-bond donors (Lipinski definition) is 1. The number of hydrogen-bond acceptors (Lipinski definition) is 5. The summed E-state index contributed by atoms with van der Waals surface area (Å²) >= 11 is 1.67. The number of benzene rings is 1. The highest BCUT2D eigenvalue weighted by Crippen LogP contribution is 2.26. The molecule has 2 aromatic heterocycles. The van der Waals surface area contributed by atoms with E-state index in [4.69, 9.17) is 4.52 Å². The summed E-state index contributed by atoms with van der Waals surface area (Å²) in [7, 11) is 0. The summed E-state index contributed by atoms with van der Waals surface area (Å²) in [6.07, 6.45) is 1.70. The number of nitrogens with one attached hydrogen (secondary N) is 1. The first-order valence-electron chi connectivity index (χ1n) is 6.74. The molecule has 0 aliphatic carbocycles. The minimum atomic E-state index is -0.0585. The van der Waals surface area contributed by atoms with Gasteiger partial charge in [0, 0.05) is 18.5 Å². The summed E-state index contributed by atoms with van der Waals surface area (Å²) in [5.41, 5.74) is 1.65. The summed E-state index contributed by atoms with van der Waals surface area (Å²) in [6, 6.07) is 9.75. The Hall–Kier alpha value is -2.21. The molecule has 21 heavy (non-hydrogen) atoms. The zero-order valence-electron chi connectivity index (χ0n) is 11.6. The molecule has 0 aliphatic heterocycles. The summed E-state index contributed by atoms with van der Waals surface area (Å²) in [4.78, 5) is 16.4. The lowest BCUT2D eigenvalue weighted by molar-refractivity contribution is -0.120. The van der Waals surface area contributed by atoms with Crippen molar-refractivity contribution in [1.82, 2.24) is 15.5 Å². The van der Waals surface area contributed by atoms with E-state index >= 15 is 0 Å². The van der Waals surface area contributed by atoms with Crippen LogP contribution in [0.1, 0.15) is 23.5 Å². The molecule has 1 atom stereocenters. The van der Waals surface area contributed by atoms with Crippen LogP contribution in [0.2, 0.25) is 0 Å². The van der Waals surface area contributed by atoms with E-state index in [1.165, 1.54) is 11.0 Å². The van der Waals surface area contributed by atoms with Crippen molar-refractivity contribution < 1.29 is 9.32 Å². The second-order valence-corrected chi connectivity index (χ2v) is 5.95. The Kier molecular flexibility index (Phi) is 3.96. The van der Waals surface area contributed by atoms with E-state index in [-0.39, 0.29) is 18.2 Å². The molecule has 108 valence electrons. The van der Waals surface area contributed by atoms with Crippen molar-refractivity contribution >= 4 is 27.5 Å². The number of para-hydroxylation sites is 1. The maximum absolute atomic E-state index is 11.8. The average Bonchev–Trinajstić information content (AvgIpc) is 3.13. The van der Waals surface area contributed by atoms with Crippen LogP contribution in [0, 0.1) is 0 Å². The van der Waals surface area contributed by atoms with Crippen molar-refractivity contribution in [1.29, 1.82) is 0 Å². The Morgan fingerprint density at radius 3 is 3.00 bits per heavy atom. The van der Waals surface area contributed by atoms with Crippen LogP contribution in [0.5, 0.6) is 0 Å². The molecular weight excluding hydrogens is 286 g/mol. The van der Waals surface area contributed by atoms with Gasteiger partial charge in [0.25, 0.3) is 0 Å². The largest absolute Gasteiger partial charge is 0.364 e. The van der Waals surface area contributed by atoms with Gasteiger partial charge in [-0.1, -0.05) is 24.2 Å². The highest BCUT2D eigenvalue weighted by molar-refractivity contribution is 7.18. The maximum Gasteiger partial charge on any atom is 0.226 e. The van der Waals surface area contributed by atoms with Crippen LogP contribution >= 0.6 is 11.3 Å². The second-order valence-electron chi connectivity index (χ2n) is 4.89. The number of thiazole rings is 1. The lowest BCUT2D eigenvalue weighted by Crippen LogP contribution is -2.28. The molecule has 3 rings (SSSR count). The normalized spacial score (nSPS) is 12.4. The van der Waals surface area contributed by atoms with Crippen molar-refractivity contribution in [3.8, 4) is 0 Å². The third-order valence-corrected chi connectivity index (χ3v) is 4.44. The fourth-order valence-electron chi connectivity index (χ4n) is 2.01. The van der Waals surface area contributed by atoms with Crippen LogP contribution in [0.25, 0.3) is 10.2 Å². The molecule has 6 heteroatoms. The van der Waals surface area contributed by atoms with E-state index in [0.29, 0.717) is 12.2 Å². The Morgan fingerprint density at radius 2 is 2.24 bits per heavy atom. The second kappa shape index (κ2) is 6.05.